The predicted octanol–water partition coefficient (Wildman–Crippen LogP) is 1.15. The molecule has 0 radical (unpaired) electrons. The molecule has 1 rings (SSSR count). The van der Waals surface area contributed by atoms with E-state index in [1.807, 2.05) is 0 Å². The molecule has 1 fully saturated rings. The molecule has 8 heteroatoms. The summed E-state index contributed by atoms with van der Waals surface area (Å²) in [5.41, 5.74) is 0. The van der Waals surface area contributed by atoms with Gasteiger partial charge in [-0.3, -0.25) is 4.79 Å². The van der Waals surface area contributed by atoms with Crippen molar-refractivity contribution in [3.63, 3.8) is 0 Å². The molecule has 0 aromatic rings. The van der Waals surface area contributed by atoms with Crippen LogP contribution in [-0.4, -0.2) is 55.4 Å². The maximum absolute atomic E-state index is 12.0. The van der Waals surface area contributed by atoms with Crippen molar-refractivity contribution < 1.29 is 18.3 Å². The van der Waals surface area contributed by atoms with Gasteiger partial charge in [-0.05, 0) is 37.7 Å². The van der Waals surface area contributed by atoms with Gasteiger partial charge in [0.15, 0.2) is 0 Å². The molecule has 0 unspecified atom stereocenters. The molecule has 0 aliphatic carbocycles. The van der Waals surface area contributed by atoms with Crippen molar-refractivity contribution in [1.29, 1.82) is 0 Å². The number of aliphatic carboxylic acids is 1. The number of unbranched alkanes of at least 4 members (excludes halogenated alkanes) is 2. The normalized spacial score (nSPS) is 18.2. The van der Waals surface area contributed by atoms with Crippen LogP contribution in [-0.2, 0) is 15.0 Å². The lowest BCUT2D eigenvalue weighted by atomic mass is 9.99. The van der Waals surface area contributed by atoms with E-state index in [0.717, 1.165) is 25.0 Å². The van der Waals surface area contributed by atoms with E-state index in [-0.39, 0.29) is 0 Å². The van der Waals surface area contributed by atoms with Gasteiger partial charge in [-0.2, -0.15) is 24.5 Å². The third-order valence-electron chi connectivity index (χ3n) is 3.45. The van der Waals surface area contributed by atoms with E-state index < -0.39 is 22.1 Å². The Morgan fingerprint density at radius 2 is 1.95 bits per heavy atom. The molecule has 0 atom stereocenters. The molecule has 0 aromatic heterocycles. The first kappa shape index (κ1) is 17.7. The summed E-state index contributed by atoms with van der Waals surface area (Å²) in [4.78, 5) is 10.8. The van der Waals surface area contributed by atoms with E-state index >= 15 is 0 Å². The van der Waals surface area contributed by atoms with Crippen molar-refractivity contribution >= 4 is 27.9 Å². The third kappa shape index (κ3) is 5.99. The third-order valence-corrected chi connectivity index (χ3v) is 5.76. The van der Waals surface area contributed by atoms with E-state index in [2.05, 4.69) is 11.0 Å². The highest BCUT2D eigenvalue weighted by atomic mass is 32.2. The van der Waals surface area contributed by atoms with Crippen LogP contribution in [0.3, 0.4) is 0 Å². The number of nitrogens with zero attached hydrogens (tertiary/aromatic N) is 1. The Morgan fingerprint density at radius 3 is 2.50 bits per heavy atom. The summed E-state index contributed by atoms with van der Waals surface area (Å²) < 4.78 is 28.0. The van der Waals surface area contributed by atoms with Gasteiger partial charge in [0.25, 0.3) is 10.2 Å². The number of rotatable bonds is 9. The fraction of sp³-hybridized carbons (Fsp3) is 0.917. The van der Waals surface area contributed by atoms with E-state index in [4.69, 9.17) is 5.11 Å². The van der Waals surface area contributed by atoms with Crippen molar-refractivity contribution in [3.8, 4) is 0 Å². The number of carboxylic acids is 1. The quantitative estimate of drug-likeness (QED) is 0.621. The summed E-state index contributed by atoms with van der Waals surface area (Å²) in [7, 11) is -3.44. The predicted molar refractivity (Wildman–Crippen MR) is 81.1 cm³/mol. The van der Waals surface area contributed by atoms with E-state index in [1.54, 1.807) is 11.8 Å². The van der Waals surface area contributed by atoms with Gasteiger partial charge in [0, 0.05) is 19.6 Å². The van der Waals surface area contributed by atoms with E-state index in [9.17, 15) is 13.2 Å². The Kier molecular flexibility index (Phi) is 7.86. The van der Waals surface area contributed by atoms with Gasteiger partial charge in [-0.15, -0.1) is 0 Å². The monoisotopic (exact) mass is 324 g/mol. The summed E-state index contributed by atoms with van der Waals surface area (Å²) in [5, 5.41) is 8.89. The van der Waals surface area contributed by atoms with Gasteiger partial charge in [-0.25, -0.2) is 4.72 Å². The number of hydrogen-bond acceptors (Lipinski definition) is 4. The molecule has 0 bridgehead atoms. The van der Waals surface area contributed by atoms with Gasteiger partial charge < -0.3 is 5.11 Å². The van der Waals surface area contributed by atoms with Crippen LogP contribution >= 0.6 is 11.8 Å². The van der Waals surface area contributed by atoms with Gasteiger partial charge in [0.05, 0.1) is 5.92 Å². The molecule has 118 valence electrons. The lowest BCUT2D eigenvalue weighted by Gasteiger charge is -2.29. The Bertz CT molecular complexity index is 392. The Morgan fingerprint density at radius 1 is 1.30 bits per heavy atom. The minimum atomic E-state index is -3.44. The lowest BCUT2D eigenvalue weighted by molar-refractivity contribution is -0.142. The zero-order chi connectivity index (χ0) is 15.0. The van der Waals surface area contributed by atoms with Crippen molar-refractivity contribution in [2.45, 2.75) is 32.1 Å². The van der Waals surface area contributed by atoms with Crippen LogP contribution in [0.1, 0.15) is 32.1 Å². The average Bonchev–Trinajstić information content (AvgIpc) is 2.43. The second-order valence-corrected chi connectivity index (χ2v) is 7.71. The Hall–Kier alpha value is -0.310. The zero-order valence-electron chi connectivity index (χ0n) is 11.9. The molecule has 0 aromatic carbocycles. The molecular weight excluding hydrogens is 300 g/mol. The lowest BCUT2D eigenvalue weighted by Crippen LogP contribution is -2.46. The summed E-state index contributed by atoms with van der Waals surface area (Å²) in [6.07, 6.45) is 5.81. The fourth-order valence-electron chi connectivity index (χ4n) is 2.18. The van der Waals surface area contributed by atoms with Crippen LogP contribution in [0.25, 0.3) is 0 Å². The summed E-state index contributed by atoms with van der Waals surface area (Å²) >= 11 is 1.80. The van der Waals surface area contributed by atoms with Crippen molar-refractivity contribution in [3.05, 3.63) is 0 Å². The van der Waals surface area contributed by atoms with E-state index in [0.29, 0.717) is 32.5 Å². The SMILES string of the molecule is CSCCCCCNS(=O)(=O)N1CCC(C(=O)O)CC1. The van der Waals surface area contributed by atoms with Crippen molar-refractivity contribution in [2.24, 2.45) is 5.92 Å². The minimum absolute atomic E-state index is 0.290. The van der Waals surface area contributed by atoms with Gasteiger partial charge in [0.1, 0.15) is 0 Å². The molecule has 6 nitrogen and oxygen atoms in total. The molecular formula is C12H24N2O4S2. The zero-order valence-corrected chi connectivity index (χ0v) is 13.5. The maximum atomic E-state index is 12.0. The number of carboxylic acid groups (broad SMARTS) is 1. The summed E-state index contributed by atoms with van der Waals surface area (Å²) in [5.74, 6) is -0.132. The molecule has 1 heterocycles. The highest BCUT2D eigenvalue weighted by Gasteiger charge is 2.30. The second-order valence-electron chi connectivity index (χ2n) is 4.96. The number of piperidine rings is 1. The highest BCUT2D eigenvalue weighted by molar-refractivity contribution is 7.98. The van der Waals surface area contributed by atoms with Gasteiger partial charge >= 0.3 is 5.97 Å². The molecule has 0 amide bonds. The van der Waals surface area contributed by atoms with Gasteiger partial charge in [-0.1, -0.05) is 6.42 Å². The summed E-state index contributed by atoms with van der Waals surface area (Å²) in [6, 6.07) is 0. The number of thioether (sulfide) groups is 1. The van der Waals surface area contributed by atoms with Crippen molar-refractivity contribution in [2.75, 3.05) is 31.6 Å². The van der Waals surface area contributed by atoms with Crippen LogP contribution in [0.5, 0.6) is 0 Å². The van der Waals surface area contributed by atoms with Crippen LogP contribution in [0, 0.1) is 5.92 Å². The molecule has 2 N–H and O–H groups in total. The molecule has 20 heavy (non-hydrogen) atoms. The number of carbonyl (C=O) groups is 1. The molecule has 1 aliphatic rings. The molecule has 0 saturated carbocycles. The first-order valence-electron chi connectivity index (χ1n) is 6.94. The maximum Gasteiger partial charge on any atom is 0.306 e. The fourth-order valence-corrected chi connectivity index (χ4v) is 3.95. The topological polar surface area (TPSA) is 86.7 Å². The van der Waals surface area contributed by atoms with Crippen LogP contribution < -0.4 is 4.72 Å². The number of nitrogens with one attached hydrogen (secondary N) is 1. The highest BCUT2D eigenvalue weighted by Crippen LogP contribution is 2.19. The largest absolute Gasteiger partial charge is 0.481 e. The van der Waals surface area contributed by atoms with Crippen LogP contribution in [0.4, 0.5) is 0 Å². The molecule has 1 saturated heterocycles. The standard InChI is InChI=1S/C12H24N2O4S2/c1-19-10-4-2-3-7-13-20(17,18)14-8-5-11(6-9-14)12(15)16/h11,13H,2-10H2,1H3,(H,15,16). The van der Waals surface area contributed by atoms with Crippen LogP contribution in [0.2, 0.25) is 0 Å². The molecule has 1 aliphatic heterocycles. The number of hydrogen-bond donors (Lipinski definition) is 2. The second kappa shape index (κ2) is 8.86. The smallest absolute Gasteiger partial charge is 0.306 e. The Balaban J connectivity index is 2.26. The summed E-state index contributed by atoms with van der Waals surface area (Å²) in [6.45, 7) is 1.03. The Labute approximate surface area is 125 Å². The minimum Gasteiger partial charge on any atom is -0.481 e. The molecule has 0 spiro atoms. The average molecular weight is 324 g/mol. The first-order valence-corrected chi connectivity index (χ1v) is 9.77. The van der Waals surface area contributed by atoms with Crippen molar-refractivity contribution in [1.82, 2.24) is 9.03 Å². The first-order chi connectivity index (χ1) is 9.47. The van der Waals surface area contributed by atoms with Gasteiger partial charge in [0.2, 0.25) is 0 Å². The van der Waals surface area contributed by atoms with E-state index in [1.165, 1.54) is 4.31 Å². The van der Waals surface area contributed by atoms with Crippen LogP contribution in [0.15, 0.2) is 0 Å².